The molecule has 5 nitrogen and oxygen atoms in total. The summed E-state index contributed by atoms with van der Waals surface area (Å²) in [7, 11) is 0. The number of hydrogen-bond acceptors (Lipinski definition) is 3. The van der Waals surface area contributed by atoms with Gasteiger partial charge in [0.05, 0.1) is 16.6 Å². The van der Waals surface area contributed by atoms with Crippen molar-refractivity contribution in [3.63, 3.8) is 0 Å². The van der Waals surface area contributed by atoms with E-state index in [4.69, 9.17) is 9.84 Å². The number of imidazole rings is 1. The number of carboxylic acids is 1. The first-order valence-electron chi connectivity index (χ1n) is 6.00. The van der Waals surface area contributed by atoms with Crippen LogP contribution in [0.1, 0.15) is 40.7 Å². The lowest BCUT2D eigenvalue weighted by Crippen LogP contribution is -1.97. The number of aromatic nitrogens is 2. The molecule has 0 bridgehead atoms. The Hall–Kier alpha value is -1.88. The van der Waals surface area contributed by atoms with Gasteiger partial charge in [-0.15, -0.1) is 0 Å². The Balaban J connectivity index is 2.10. The molecule has 94 valence electrons. The number of carbonyl (C=O) groups is 1. The summed E-state index contributed by atoms with van der Waals surface area (Å²) in [6, 6.07) is 3.26. The number of aromatic amines is 1. The van der Waals surface area contributed by atoms with E-state index in [1.165, 1.54) is 0 Å². The molecule has 1 aliphatic rings. The van der Waals surface area contributed by atoms with Crippen molar-refractivity contribution >= 4 is 17.0 Å². The number of benzene rings is 1. The fourth-order valence-electron chi connectivity index (χ4n) is 2.38. The molecule has 2 N–H and O–H groups in total. The van der Waals surface area contributed by atoms with E-state index in [1.807, 2.05) is 6.92 Å². The number of rotatable bonds is 2. The number of hydrogen-bond donors (Lipinski definition) is 2. The quantitative estimate of drug-likeness (QED) is 0.853. The van der Waals surface area contributed by atoms with Crippen molar-refractivity contribution in [3.8, 4) is 0 Å². The number of carboxylic acid groups (broad SMARTS) is 1. The minimum absolute atomic E-state index is 0.0186. The Kier molecular flexibility index (Phi) is 2.56. The van der Waals surface area contributed by atoms with E-state index >= 15 is 0 Å². The monoisotopic (exact) mass is 246 g/mol. The lowest BCUT2D eigenvalue weighted by atomic mass is 10.1. The summed E-state index contributed by atoms with van der Waals surface area (Å²) in [5.41, 5.74) is 2.73. The predicted molar refractivity (Wildman–Crippen MR) is 65.7 cm³/mol. The molecule has 1 fully saturated rings. The average molecular weight is 246 g/mol. The zero-order valence-electron chi connectivity index (χ0n) is 10.1. The van der Waals surface area contributed by atoms with Crippen molar-refractivity contribution < 1.29 is 14.6 Å². The van der Waals surface area contributed by atoms with E-state index in [-0.39, 0.29) is 11.7 Å². The molecule has 1 aromatic heterocycles. The van der Waals surface area contributed by atoms with Crippen molar-refractivity contribution in [1.29, 1.82) is 0 Å². The average Bonchev–Trinajstić information content (AvgIpc) is 2.96. The topological polar surface area (TPSA) is 75.2 Å². The highest BCUT2D eigenvalue weighted by Gasteiger charge is 2.21. The molecule has 3 rings (SSSR count). The van der Waals surface area contributed by atoms with E-state index < -0.39 is 5.97 Å². The maximum Gasteiger partial charge on any atom is 0.335 e. The number of fused-ring (bicyclic) bond motifs is 1. The van der Waals surface area contributed by atoms with Crippen LogP contribution in [0.25, 0.3) is 11.0 Å². The third-order valence-corrected chi connectivity index (χ3v) is 3.28. The van der Waals surface area contributed by atoms with Gasteiger partial charge in [-0.05, 0) is 37.5 Å². The SMILES string of the molecule is Cc1cc(C(=O)O)cc2[nH]c(C3CCCO3)nc12. The molecule has 1 aromatic carbocycles. The Labute approximate surface area is 104 Å². The van der Waals surface area contributed by atoms with E-state index in [0.717, 1.165) is 41.9 Å². The number of aromatic carboxylic acids is 1. The van der Waals surface area contributed by atoms with Crippen LogP contribution in [0.2, 0.25) is 0 Å². The largest absolute Gasteiger partial charge is 0.478 e. The molecule has 0 spiro atoms. The lowest BCUT2D eigenvalue weighted by molar-refractivity contribution is 0.0697. The maximum absolute atomic E-state index is 11.0. The molecule has 1 atom stereocenters. The van der Waals surface area contributed by atoms with Gasteiger partial charge < -0.3 is 14.8 Å². The summed E-state index contributed by atoms with van der Waals surface area (Å²) in [5, 5.41) is 9.03. The molecule has 1 aliphatic heterocycles. The van der Waals surface area contributed by atoms with Crippen LogP contribution in [-0.4, -0.2) is 27.7 Å². The van der Waals surface area contributed by atoms with Crippen LogP contribution >= 0.6 is 0 Å². The number of nitrogens with zero attached hydrogens (tertiary/aromatic N) is 1. The molecule has 5 heteroatoms. The minimum Gasteiger partial charge on any atom is -0.478 e. The second-order valence-electron chi connectivity index (χ2n) is 4.62. The van der Waals surface area contributed by atoms with Crippen LogP contribution in [0.3, 0.4) is 0 Å². The third kappa shape index (κ3) is 1.76. The van der Waals surface area contributed by atoms with Gasteiger partial charge in [0.1, 0.15) is 11.9 Å². The standard InChI is InChI=1S/C13H14N2O3/c1-7-5-8(13(16)17)6-9-11(7)15-12(14-9)10-3-2-4-18-10/h5-6,10H,2-4H2,1H3,(H,14,15)(H,16,17). The molecule has 0 radical (unpaired) electrons. The van der Waals surface area contributed by atoms with Crippen LogP contribution in [0, 0.1) is 6.92 Å². The Morgan fingerprint density at radius 1 is 1.56 bits per heavy atom. The third-order valence-electron chi connectivity index (χ3n) is 3.28. The lowest BCUT2D eigenvalue weighted by Gasteiger charge is -2.03. The fraction of sp³-hybridized carbons (Fsp3) is 0.385. The van der Waals surface area contributed by atoms with Gasteiger partial charge in [0.15, 0.2) is 0 Å². The van der Waals surface area contributed by atoms with Gasteiger partial charge in [-0.2, -0.15) is 0 Å². The molecular weight excluding hydrogens is 232 g/mol. The zero-order chi connectivity index (χ0) is 12.7. The molecule has 1 unspecified atom stereocenters. The summed E-state index contributed by atoms with van der Waals surface area (Å²) >= 11 is 0. The minimum atomic E-state index is -0.923. The van der Waals surface area contributed by atoms with Crippen LogP contribution < -0.4 is 0 Å². The summed E-state index contributed by atoms with van der Waals surface area (Å²) in [6.45, 7) is 2.63. The van der Waals surface area contributed by atoms with Gasteiger partial charge in [-0.1, -0.05) is 0 Å². The highest BCUT2D eigenvalue weighted by atomic mass is 16.5. The van der Waals surface area contributed by atoms with Gasteiger partial charge in [0, 0.05) is 6.61 Å². The molecule has 2 aromatic rings. The second-order valence-corrected chi connectivity index (χ2v) is 4.62. The number of nitrogens with one attached hydrogen (secondary N) is 1. The van der Waals surface area contributed by atoms with E-state index in [9.17, 15) is 4.79 Å². The first-order chi connectivity index (χ1) is 8.65. The van der Waals surface area contributed by atoms with E-state index in [0.29, 0.717) is 0 Å². The Bertz CT molecular complexity index is 612. The summed E-state index contributed by atoms with van der Waals surface area (Å²) in [5.74, 6) is -0.124. The van der Waals surface area contributed by atoms with Crippen molar-refractivity contribution in [3.05, 3.63) is 29.1 Å². The molecule has 0 aliphatic carbocycles. The summed E-state index contributed by atoms with van der Waals surface area (Å²) in [6.07, 6.45) is 2.02. The van der Waals surface area contributed by atoms with Crippen LogP contribution in [-0.2, 0) is 4.74 Å². The smallest absolute Gasteiger partial charge is 0.335 e. The number of ether oxygens (including phenoxy) is 1. The second kappa shape index (κ2) is 4.10. The highest BCUT2D eigenvalue weighted by molar-refractivity contribution is 5.93. The zero-order valence-corrected chi connectivity index (χ0v) is 10.1. The van der Waals surface area contributed by atoms with Crippen molar-refractivity contribution in [2.75, 3.05) is 6.61 Å². The van der Waals surface area contributed by atoms with Crippen molar-refractivity contribution in [2.24, 2.45) is 0 Å². The van der Waals surface area contributed by atoms with E-state index in [1.54, 1.807) is 12.1 Å². The maximum atomic E-state index is 11.0. The van der Waals surface area contributed by atoms with Gasteiger partial charge in [0.25, 0.3) is 0 Å². The normalized spacial score (nSPS) is 19.5. The van der Waals surface area contributed by atoms with Gasteiger partial charge >= 0.3 is 5.97 Å². The Morgan fingerprint density at radius 2 is 2.39 bits per heavy atom. The summed E-state index contributed by atoms with van der Waals surface area (Å²) in [4.78, 5) is 18.7. The first kappa shape index (κ1) is 11.2. The first-order valence-corrected chi connectivity index (χ1v) is 6.00. The molecule has 1 saturated heterocycles. The predicted octanol–water partition coefficient (Wildman–Crippen LogP) is 2.42. The molecule has 18 heavy (non-hydrogen) atoms. The van der Waals surface area contributed by atoms with Gasteiger partial charge in [0.2, 0.25) is 0 Å². The molecule has 2 heterocycles. The number of aryl methyl sites for hydroxylation is 1. The van der Waals surface area contributed by atoms with Gasteiger partial charge in [-0.3, -0.25) is 0 Å². The van der Waals surface area contributed by atoms with Crippen LogP contribution in [0.5, 0.6) is 0 Å². The van der Waals surface area contributed by atoms with Crippen LogP contribution in [0.4, 0.5) is 0 Å². The van der Waals surface area contributed by atoms with Crippen molar-refractivity contribution in [1.82, 2.24) is 9.97 Å². The highest BCUT2D eigenvalue weighted by Crippen LogP contribution is 2.29. The van der Waals surface area contributed by atoms with Crippen molar-refractivity contribution in [2.45, 2.75) is 25.9 Å². The van der Waals surface area contributed by atoms with E-state index in [2.05, 4.69) is 9.97 Å². The van der Waals surface area contributed by atoms with Gasteiger partial charge in [-0.25, -0.2) is 9.78 Å². The Morgan fingerprint density at radius 3 is 3.06 bits per heavy atom. The summed E-state index contributed by atoms with van der Waals surface area (Å²) < 4.78 is 5.58. The fourth-order valence-corrected chi connectivity index (χ4v) is 2.38. The van der Waals surface area contributed by atoms with Crippen LogP contribution in [0.15, 0.2) is 12.1 Å². The molecule has 0 amide bonds. The number of H-pyrrole nitrogens is 1. The molecular formula is C13H14N2O3. The molecule has 0 saturated carbocycles.